The average molecular weight is 497 g/mol. The van der Waals surface area contributed by atoms with Crippen LogP contribution in [0.3, 0.4) is 0 Å². The summed E-state index contributed by atoms with van der Waals surface area (Å²) >= 11 is 0. The van der Waals surface area contributed by atoms with Crippen molar-refractivity contribution in [1.82, 2.24) is 9.47 Å². The Morgan fingerprint density at radius 2 is 1.92 bits per heavy atom. The van der Waals surface area contributed by atoms with E-state index in [1.54, 1.807) is 4.57 Å². The molecule has 0 spiro atoms. The van der Waals surface area contributed by atoms with E-state index in [-0.39, 0.29) is 34.3 Å². The van der Waals surface area contributed by atoms with Crippen LogP contribution in [0.2, 0.25) is 0 Å². The van der Waals surface area contributed by atoms with E-state index in [4.69, 9.17) is 14.2 Å². The van der Waals surface area contributed by atoms with Gasteiger partial charge in [-0.2, -0.15) is 0 Å². The Labute approximate surface area is 212 Å². The van der Waals surface area contributed by atoms with Crippen molar-refractivity contribution in [3.63, 3.8) is 0 Å². The molecule has 0 N–H and O–H groups in total. The van der Waals surface area contributed by atoms with Gasteiger partial charge in [-0.25, -0.2) is 4.79 Å². The lowest BCUT2D eigenvalue weighted by atomic mass is 9.87. The largest absolute Gasteiger partial charge is 0.492 e. The van der Waals surface area contributed by atoms with Gasteiger partial charge in [-0.15, -0.1) is 0 Å². The van der Waals surface area contributed by atoms with Gasteiger partial charge in [0.15, 0.2) is 0 Å². The number of fused-ring (bicyclic) bond motifs is 1. The summed E-state index contributed by atoms with van der Waals surface area (Å²) in [5, 5.41) is 0. The third-order valence-corrected chi connectivity index (χ3v) is 7.05. The van der Waals surface area contributed by atoms with E-state index in [2.05, 4.69) is 12.1 Å². The van der Waals surface area contributed by atoms with Crippen LogP contribution in [0.25, 0.3) is 0 Å². The number of benzene rings is 1. The van der Waals surface area contributed by atoms with E-state index >= 15 is 0 Å². The number of esters is 1. The van der Waals surface area contributed by atoms with Gasteiger partial charge in [-0.05, 0) is 45.1 Å². The molecule has 4 rings (SSSR count). The van der Waals surface area contributed by atoms with Gasteiger partial charge in [-0.3, -0.25) is 9.59 Å². The third-order valence-electron chi connectivity index (χ3n) is 7.05. The first-order valence-electron chi connectivity index (χ1n) is 12.7. The second kappa shape index (κ2) is 11.3. The van der Waals surface area contributed by atoms with E-state index < -0.39 is 5.97 Å². The van der Waals surface area contributed by atoms with Crippen LogP contribution in [0, 0.1) is 5.92 Å². The summed E-state index contributed by atoms with van der Waals surface area (Å²) in [5.41, 5.74) is 1.48. The highest BCUT2D eigenvalue weighted by Gasteiger charge is 2.36. The van der Waals surface area contributed by atoms with Gasteiger partial charge in [0.2, 0.25) is 5.91 Å². The van der Waals surface area contributed by atoms with Crippen LogP contribution in [-0.2, 0) is 33.7 Å². The number of carbonyl (C=O) groups is 2. The lowest BCUT2D eigenvalue weighted by Gasteiger charge is -2.36. The van der Waals surface area contributed by atoms with E-state index in [1.807, 2.05) is 36.9 Å². The normalized spacial score (nSPS) is 19.2. The number of carbonyl (C=O) groups excluding carboxylic acids is 2. The number of aromatic nitrogens is 1. The SMILES string of the molecule is COC(=O)c1c(OCCCc2ccccc2)cc(=O)n2c1CCN(C(=O)C1CCOC(C)(C)C1)CC2. The van der Waals surface area contributed by atoms with Crippen molar-refractivity contribution in [2.75, 3.05) is 33.4 Å². The number of hydrogen-bond acceptors (Lipinski definition) is 6. The molecule has 1 aromatic heterocycles. The molecule has 194 valence electrons. The van der Waals surface area contributed by atoms with E-state index in [0.29, 0.717) is 57.8 Å². The number of ether oxygens (including phenoxy) is 3. The quantitative estimate of drug-likeness (QED) is 0.432. The van der Waals surface area contributed by atoms with Crippen LogP contribution in [0.1, 0.15) is 54.7 Å². The van der Waals surface area contributed by atoms with Crippen molar-refractivity contribution in [2.45, 2.75) is 58.1 Å². The van der Waals surface area contributed by atoms with E-state index in [1.165, 1.54) is 18.7 Å². The number of rotatable bonds is 7. The second-order valence-corrected chi connectivity index (χ2v) is 10.1. The van der Waals surface area contributed by atoms with Crippen molar-refractivity contribution in [1.29, 1.82) is 0 Å². The molecule has 0 bridgehead atoms. The minimum Gasteiger partial charge on any atom is -0.492 e. The Hall–Kier alpha value is -3.13. The van der Waals surface area contributed by atoms with Crippen LogP contribution in [0.15, 0.2) is 41.2 Å². The number of methoxy groups -OCH3 is 1. The fraction of sp³-hybridized carbons (Fsp3) is 0.536. The zero-order valence-corrected chi connectivity index (χ0v) is 21.5. The molecule has 0 saturated carbocycles. The van der Waals surface area contributed by atoms with Gasteiger partial charge in [0.05, 0.1) is 19.3 Å². The summed E-state index contributed by atoms with van der Waals surface area (Å²) in [6, 6.07) is 11.5. The Balaban J connectivity index is 1.50. The summed E-state index contributed by atoms with van der Waals surface area (Å²) < 4.78 is 18.4. The predicted molar refractivity (Wildman–Crippen MR) is 135 cm³/mol. The maximum Gasteiger partial charge on any atom is 0.343 e. The van der Waals surface area contributed by atoms with Gasteiger partial charge in [-0.1, -0.05) is 30.3 Å². The maximum absolute atomic E-state index is 13.3. The molecule has 1 fully saturated rings. The maximum atomic E-state index is 13.3. The molecule has 2 aromatic rings. The number of pyridine rings is 1. The van der Waals surface area contributed by atoms with Crippen LogP contribution in [0.5, 0.6) is 5.75 Å². The van der Waals surface area contributed by atoms with Crippen LogP contribution >= 0.6 is 0 Å². The molecule has 2 aliphatic heterocycles. The fourth-order valence-corrected chi connectivity index (χ4v) is 5.21. The summed E-state index contributed by atoms with van der Waals surface area (Å²) in [4.78, 5) is 41.0. The smallest absolute Gasteiger partial charge is 0.343 e. The molecule has 36 heavy (non-hydrogen) atoms. The molecule has 1 unspecified atom stereocenters. The predicted octanol–water partition coefficient (Wildman–Crippen LogP) is 3.24. The average Bonchev–Trinajstić information content (AvgIpc) is 3.09. The highest BCUT2D eigenvalue weighted by molar-refractivity contribution is 5.93. The summed E-state index contributed by atoms with van der Waals surface area (Å²) in [7, 11) is 1.32. The van der Waals surface area contributed by atoms with E-state index in [9.17, 15) is 14.4 Å². The number of amides is 1. The molecule has 3 heterocycles. The highest BCUT2D eigenvalue weighted by atomic mass is 16.5. The van der Waals surface area contributed by atoms with Gasteiger partial charge in [0, 0.05) is 50.3 Å². The summed E-state index contributed by atoms with van der Waals surface area (Å²) in [5.74, 6) is -0.306. The van der Waals surface area contributed by atoms with Crippen LogP contribution in [0.4, 0.5) is 0 Å². The molecule has 2 aliphatic rings. The van der Waals surface area contributed by atoms with Gasteiger partial charge < -0.3 is 23.7 Å². The number of hydrogen-bond donors (Lipinski definition) is 0. The Morgan fingerprint density at radius 1 is 1.14 bits per heavy atom. The van der Waals surface area contributed by atoms with Crippen molar-refractivity contribution in [3.05, 3.63) is 63.6 Å². The van der Waals surface area contributed by atoms with Crippen LogP contribution in [-0.4, -0.2) is 60.4 Å². The van der Waals surface area contributed by atoms with Crippen molar-refractivity contribution >= 4 is 11.9 Å². The second-order valence-electron chi connectivity index (χ2n) is 10.1. The molecule has 1 aromatic carbocycles. The Morgan fingerprint density at radius 3 is 2.64 bits per heavy atom. The van der Waals surface area contributed by atoms with Gasteiger partial charge >= 0.3 is 5.97 Å². The molecule has 1 amide bonds. The van der Waals surface area contributed by atoms with Gasteiger partial charge in [0.25, 0.3) is 5.56 Å². The lowest BCUT2D eigenvalue weighted by Crippen LogP contribution is -2.44. The zero-order chi connectivity index (χ0) is 25.7. The lowest BCUT2D eigenvalue weighted by molar-refractivity contribution is -0.145. The Kier molecular flexibility index (Phi) is 8.14. The first kappa shape index (κ1) is 25.9. The molecule has 8 nitrogen and oxygen atoms in total. The third kappa shape index (κ3) is 5.98. The summed E-state index contributed by atoms with van der Waals surface area (Å²) in [6.07, 6.45) is 3.31. The molecule has 0 radical (unpaired) electrons. The standard InChI is InChI=1S/C28H36N2O6/c1-28(2)19-21(12-17-36-28)26(32)29-13-11-22-25(27(33)34-3)23(18-24(31)30(22)15-14-29)35-16-7-10-20-8-5-4-6-9-20/h4-6,8-9,18,21H,7,10-17,19H2,1-3H3. The topological polar surface area (TPSA) is 87.1 Å². The van der Waals surface area contributed by atoms with Crippen molar-refractivity contribution in [3.8, 4) is 5.75 Å². The Bertz CT molecular complexity index is 1140. The molecule has 1 saturated heterocycles. The monoisotopic (exact) mass is 496 g/mol. The minimum atomic E-state index is -0.539. The van der Waals surface area contributed by atoms with E-state index in [0.717, 1.165) is 12.8 Å². The van der Waals surface area contributed by atoms with Crippen molar-refractivity contribution in [2.24, 2.45) is 5.92 Å². The first-order chi connectivity index (χ1) is 17.3. The molecule has 0 aliphatic carbocycles. The fourth-order valence-electron chi connectivity index (χ4n) is 5.21. The molecule has 8 heteroatoms. The molecular weight excluding hydrogens is 460 g/mol. The minimum absolute atomic E-state index is 0.0873. The van der Waals surface area contributed by atoms with Gasteiger partial charge in [0.1, 0.15) is 11.3 Å². The number of nitrogens with zero attached hydrogens (tertiary/aromatic N) is 2. The molecule has 1 atom stereocenters. The zero-order valence-electron chi connectivity index (χ0n) is 21.5. The first-order valence-corrected chi connectivity index (χ1v) is 12.7. The van der Waals surface area contributed by atoms with Crippen LogP contribution < -0.4 is 10.3 Å². The van der Waals surface area contributed by atoms with Crippen molar-refractivity contribution < 1.29 is 23.8 Å². The summed E-state index contributed by atoms with van der Waals surface area (Å²) in [6.45, 7) is 6.12. The number of aryl methyl sites for hydroxylation is 1. The molecular formula is C28H36N2O6. The highest BCUT2D eigenvalue weighted by Crippen LogP contribution is 2.31.